The van der Waals surface area contributed by atoms with Crippen LogP contribution in [-0.2, 0) is 16.2 Å². The fourth-order valence-corrected chi connectivity index (χ4v) is 6.54. The molecule has 1 saturated heterocycles. The van der Waals surface area contributed by atoms with Gasteiger partial charge < -0.3 is 28.9 Å². The highest BCUT2D eigenvalue weighted by Gasteiger charge is 2.24. The van der Waals surface area contributed by atoms with E-state index in [0.717, 1.165) is 37.8 Å². The summed E-state index contributed by atoms with van der Waals surface area (Å²) < 4.78 is 42.1. The van der Waals surface area contributed by atoms with Crippen molar-refractivity contribution < 1.29 is 27.9 Å². The van der Waals surface area contributed by atoms with E-state index in [2.05, 4.69) is 31.7 Å². The van der Waals surface area contributed by atoms with E-state index in [-0.39, 0.29) is 5.92 Å². The summed E-state index contributed by atoms with van der Waals surface area (Å²) in [4.78, 5) is 36.2. The van der Waals surface area contributed by atoms with Crippen LogP contribution in [0.4, 0.5) is 20.3 Å². The summed E-state index contributed by atoms with van der Waals surface area (Å²) in [6, 6.07) is 13.3. The summed E-state index contributed by atoms with van der Waals surface area (Å²) >= 11 is 0. The van der Waals surface area contributed by atoms with E-state index >= 15 is 8.78 Å². The maximum absolute atomic E-state index is 15.9. The first-order valence-electron chi connectivity index (χ1n) is 17.4. The number of ether oxygens (including phenoxy) is 2. The molecule has 1 aliphatic heterocycles. The lowest BCUT2D eigenvalue weighted by Crippen LogP contribution is -2.36. The number of aromatic nitrogens is 2. The highest BCUT2D eigenvalue weighted by Crippen LogP contribution is 2.36. The molecular formula is C39H47F2N7O4. The predicted octanol–water partition coefficient (Wildman–Crippen LogP) is 6.98. The molecule has 52 heavy (non-hydrogen) atoms. The lowest BCUT2D eigenvalue weighted by molar-refractivity contribution is -0.108. The molecule has 0 amide bonds. The number of methoxy groups -OCH3 is 2. The monoisotopic (exact) mass is 715 g/mol. The first-order valence-corrected chi connectivity index (χ1v) is 17.4. The van der Waals surface area contributed by atoms with Crippen LogP contribution in [0.3, 0.4) is 0 Å². The fourth-order valence-electron chi connectivity index (χ4n) is 6.54. The van der Waals surface area contributed by atoms with Crippen LogP contribution in [0.1, 0.15) is 38.7 Å². The van der Waals surface area contributed by atoms with Gasteiger partial charge in [0, 0.05) is 81.4 Å². The van der Waals surface area contributed by atoms with Gasteiger partial charge in [-0.25, -0.2) is 18.7 Å². The van der Waals surface area contributed by atoms with Gasteiger partial charge in [0.15, 0.2) is 0 Å². The maximum Gasteiger partial charge on any atom is 0.222 e. The van der Waals surface area contributed by atoms with Gasteiger partial charge in [0.1, 0.15) is 41.6 Å². The average molecular weight is 716 g/mol. The summed E-state index contributed by atoms with van der Waals surface area (Å²) in [5.74, 6) is 2.09. The Morgan fingerprint density at radius 2 is 1.87 bits per heavy atom. The maximum atomic E-state index is 15.9. The molecule has 13 heteroatoms. The van der Waals surface area contributed by atoms with E-state index in [4.69, 9.17) is 14.3 Å². The third-order valence-electron chi connectivity index (χ3n) is 9.29. The molecule has 0 atom stereocenters. The molecule has 0 aliphatic carbocycles. The Morgan fingerprint density at radius 3 is 2.54 bits per heavy atom. The molecular weight excluding hydrogens is 668 g/mol. The van der Waals surface area contributed by atoms with Crippen LogP contribution in [-0.4, -0.2) is 87.9 Å². The standard InChI is InChI=1S/C39H47F2N7O4/c1-26(2)39(52-42-3)43-22-27-12-15-48(16-13-27)38-33-20-30(40)19-32(37(33)44-24-45-38)28-9-11-35(34(41)18-28)46(4)25-47(14-7-17-49)23-29-8-10-31(50-5)21-36(29)51-6/h8-11,17-21,24,26-27H,3,7,12-16,22-23,25H2,1-2,4-6H3. The normalized spacial score (nSPS) is 13.9. The number of carbonyl (C=O) groups excluding carboxylic acids is 1. The zero-order valence-corrected chi connectivity index (χ0v) is 30.5. The van der Waals surface area contributed by atoms with Crippen molar-refractivity contribution >= 4 is 41.3 Å². The van der Waals surface area contributed by atoms with Crippen molar-refractivity contribution in [2.75, 3.05) is 63.9 Å². The molecule has 1 fully saturated rings. The van der Waals surface area contributed by atoms with Gasteiger partial charge in [-0.3, -0.25) is 9.89 Å². The minimum Gasteiger partial charge on any atom is -0.497 e. The number of carbonyl (C=O) groups is 1. The summed E-state index contributed by atoms with van der Waals surface area (Å²) in [5, 5.41) is 4.09. The van der Waals surface area contributed by atoms with Gasteiger partial charge in [-0.1, -0.05) is 31.1 Å². The molecule has 5 rings (SSSR count). The lowest BCUT2D eigenvalue weighted by Gasteiger charge is -2.33. The van der Waals surface area contributed by atoms with E-state index in [1.807, 2.05) is 30.9 Å². The SMILES string of the molecule is C=NOC(=NCC1CCN(c2ncnc3c(-c4ccc(N(C)CN(CCC=O)Cc5ccc(OC)cc5OC)c(F)c4)cc(F)cc23)CC1)C(C)C. The highest BCUT2D eigenvalue weighted by atomic mass is 19.1. The van der Waals surface area contributed by atoms with E-state index < -0.39 is 11.6 Å². The minimum atomic E-state index is -0.469. The minimum absolute atomic E-state index is 0.109. The van der Waals surface area contributed by atoms with Crippen LogP contribution in [0.25, 0.3) is 22.0 Å². The van der Waals surface area contributed by atoms with Crippen molar-refractivity contribution in [3.63, 3.8) is 0 Å². The largest absolute Gasteiger partial charge is 0.497 e. The van der Waals surface area contributed by atoms with Crippen molar-refractivity contribution in [3.05, 3.63) is 72.1 Å². The molecule has 0 bridgehead atoms. The van der Waals surface area contributed by atoms with Gasteiger partial charge in [-0.05, 0) is 54.7 Å². The first-order chi connectivity index (χ1) is 25.1. The average Bonchev–Trinajstić information content (AvgIpc) is 3.15. The molecule has 0 N–H and O–H groups in total. The molecule has 11 nitrogen and oxygen atoms in total. The number of rotatable bonds is 16. The summed E-state index contributed by atoms with van der Waals surface area (Å²) in [5.41, 5.74) is 2.79. The van der Waals surface area contributed by atoms with Crippen LogP contribution < -0.4 is 19.3 Å². The van der Waals surface area contributed by atoms with Crippen molar-refractivity contribution in [3.8, 4) is 22.6 Å². The second-order valence-corrected chi connectivity index (χ2v) is 13.2. The Balaban J connectivity index is 1.34. The second kappa shape index (κ2) is 17.9. The topological polar surface area (TPSA) is 105 Å². The van der Waals surface area contributed by atoms with Crippen LogP contribution in [0.2, 0.25) is 0 Å². The Kier molecular flexibility index (Phi) is 13.1. The van der Waals surface area contributed by atoms with Gasteiger partial charge in [0.05, 0.1) is 32.1 Å². The zero-order chi connectivity index (χ0) is 37.2. The van der Waals surface area contributed by atoms with Crippen molar-refractivity contribution in [2.24, 2.45) is 22.0 Å². The second-order valence-electron chi connectivity index (χ2n) is 13.2. The number of benzene rings is 3. The number of fused-ring (bicyclic) bond motifs is 1. The summed E-state index contributed by atoms with van der Waals surface area (Å²) in [7, 11) is 4.97. The zero-order valence-electron chi connectivity index (χ0n) is 30.5. The van der Waals surface area contributed by atoms with Gasteiger partial charge in [-0.2, -0.15) is 0 Å². The Labute approximate surface area is 303 Å². The molecule has 0 saturated carbocycles. The van der Waals surface area contributed by atoms with Gasteiger partial charge in [0.25, 0.3) is 0 Å². The summed E-state index contributed by atoms with van der Waals surface area (Å²) in [6.45, 7) is 10.7. The fraction of sp³-hybridized carbons (Fsp3) is 0.410. The van der Waals surface area contributed by atoms with E-state index in [1.165, 1.54) is 24.5 Å². The number of piperidine rings is 1. The number of hydrogen-bond acceptors (Lipinski definition) is 11. The predicted molar refractivity (Wildman–Crippen MR) is 202 cm³/mol. The lowest BCUT2D eigenvalue weighted by atomic mass is 9.96. The highest BCUT2D eigenvalue weighted by molar-refractivity contribution is 5.99. The molecule has 0 spiro atoms. The molecule has 3 aromatic carbocycles. The Bertz CT molecular complexity index is 1880. The van der Waals surface area contributed by atoms with E-state index in [1.54, 1.807) is 44.4 Å². The van der Waals surface area contributed by atoms with E-state index in [9.17, 15) is 4.79 Å². The molecule has 0 unspecified atom stereocenters. The number of aliphatic imine (C=N–C) groups is 1. The molecule has 276 valence electrons. The molecule has 2 heterocycles. The summed E-state index contributed by atoms with van der Waals surface area (Å²) in [6.07, 6.45) is 4.43. The first kappa shape index (κ1) is 38.1. The van der Waals surface area contributed by atoms with Crippen molar-refractivity contribution in [2.45, 2.75) is 39.7 Å². The number of oxime groups is 1. The van der Waals surface area contributed by atoms with Crippen LogP contribution in [0, 0.1) is 23.5 Å². The van der Waals surface area contributed by atoms with Crippen LogP contribution in [0.15, 0.2) is 65.0 Å². The smallest absolute Gasteiger partial charge is 0.222 e. The molecule has 0 radical (unpaired) electrons. The number of halogens is 2. The van der Waals surface area contributed by atoms with Crippen LogP contribution in [0.5, 0.6) is 11.5 Å². The Hall–Kier alpha value is -5.17. The molecule has 4 aromatic rings. The number of hydrogen-bond donors (Lipinski definition) is 0. The number of nitrogens with zero attached hydrogens (tertiary/aromatic N) is 7. The quantitative estimate of drug-likeness (QED) is 0.0400. The van der Waals surface area contributed by atoms with E-state index in [0.29, 0.717) is 89.6 Å². The Morgan fingerprint density at radius 1 is 1.08 bits per heavy atom. The van der Waals surface area contributed by atoms with Crippen LogP contribution >= 0.6 is 0 Å². The molecule has 1 aliphatic rings. The molecule has 1 aromatic heterocycles. The number of anilines is 2. The third-order valence-corrected chi connectivity index (χ3v) is 9.29. The van der Waals surface area contributed by atoms with Gasteiger partial charge in [0.2, 0.25) is 5.90 Å². The van der Waals surface area contributed by atoms with Gasteiger partial charge in [-0.15, -0.1) is 0 Å². The van der Waals surface area contributed by atoms with Crippen molar-refractivity contribution in [1.29, 1.82) is 0 Å². The third kappa shape index (κ3) is 9.19. The number of aldehydes is 1. The van der Waals surface area contributed by atoms with Crippen molar-refractivity contribution in [1.82, 2.24) is 14.9 Å². The van der Waals surface area contributed by atoms with Gasteiger partial charge >= 0.3 is 0 Å².